The Hall–Kier alpha value is -2.13. The lowest BCUT2D eigenvalue weighted by Gasteiger charge is -2.28. The molecule has 0 aromatic carbocycles. The highest BCUT2D eigenvalue weighted by molar-refractivity contribution is 7.16. The molecule has 9 heteroatoms. The van der Waals surface area contributed by atoms with Crippen molar-refractivity contribution in [1.29, 1.82) is 0 Å². The molecule has 5 nitrogen and oxygen atoms in total. The summed E-state index contributed by atoms with van der Waals surface area (Å²) in [6, 6.07) is 4.32. The average molecular weight is 357 g/mol. The molecule has 0 aliphatic heterocycles. The fourth-order valence-electron chi connectivity index (χ4n) is 2.35. The number of aliphatic hydroxyl groups is 1. The fraction of sp³-hybridized carbons (Fsp3) is 0.333. The number of hydrogen-bond acceptors (Lipinski definition) is 6. The van der Waals surface area contributed by atoms with Crippen molar-refractivity contribution in [1.82, 2.24) is 9.97 Å². The minimum Gasteiger partial charge on any atom is -0.463 e. The summed E-state index contributed by atoms with van der Waals surface area (Å²) >= 11 is 1.41. The first-order chi connectivity index (χ1) is 11.3. The number of aromatic nitrogens is 2. The Labute approximate surface area is 139 Å². The average Bonchev–Trinajstić information content (AvgIpc) is 3.15. The molecule has 0 saturated heterocycles. The molecule has 0 amide bonds. The zero-order valence-corrected chi connectivity index (χ0v) is 13.4. The molecule has 1 unspecified atom stereocenters. The largest absolute Gasteiger partial charge is 0.463 e. The highest BCUT2D eigenvalue weighted by Gasteiger charge is 2.56. The Morgan fingerprint density at radius 1 is 1.25 bits per heavy atom. The van der Waals surface area contributed by atoms with E-state index >= 15 is 0 Å². The van der Waals surface area contributed by atoms with Crippen molar-refractivity contribution < 1.29 is 22.7 Å². The molecular weight excluding hydrogens is 343 g/mol. The van der Waals surface area contributed by atoms with Crippen LogP contribution in [0.5, 0.6) is 0 Å². The summed E-state index contributed by atoms with van der Waals surface area (Å²) in [5.41, 5.74) is -3.06. The molecule has 3 aromatic rings. The minimum absolute atomic E-state index is 0.141. The molecule has 3 aromatic heterocycles. The van der Waals surface area contributed by atoms with Crippen molar-refractivity contribution in [2.24, 2.45) is 0 Å². The van der Waals surface area contributed by atoms with Gasteiger partial charge in [-0.3, -0.25) is 0 Å². The van der Waals surface area contributed by atoms with Crippen LogP contribution in [0.15, 0.2) is 34.3 Å². The summed E-state index contributed by atoms with van der Waals surface area (Å²) in [5.74, 6) is 0.218. The van der Waals surface area contributed by atoms with E-state index in [0.717, 1.165) is 16.3 Å². The van der Waals surface area contributed by atoms with Crippen molar-refractivity contribution in [3.05, 3.63) is 41.4 Å². The van der Waals surface area contributed by atoms with E-state index in [-0.39, 0.29) is 6.54 Å². The number of halogens is 3. The van der Waals surface area contributed by atoms with E-state index in [2.05, 4.69) is 15.3 Å². The van der Waals surface area contributed by atoms with Gasteiger partial charge in [0.1, 0.15) is 28.5 Å². The van der Waals surface area contributed by atoms with E-state index in [1.54, 1.807) is 6.07 Å². The summed E-state index contributed by atoms with van der Waals surface area (Å²) in [6.07, 6.45) is -4.13. The van der Waals surface area contributed by atoms with Crippen LogP contribution in [0.3, 0.4) is 0 Å². The van der Waals surface area contributed by atoms with Crippen LogP contribution in [0.4, 0.5) is 19.0 Å². The van der Waals surface area contributed by atoms with E-state index in [0.29, 0.717) is 11.6 Å². The molecule has 0 spiro atoms. The molecule has 0 saturated carbocycles. The van der Waals surface area contributed by atoms with Crippen molar-refractivity contribution in [3.8, 4) is 0 Å². The lowest BCUT2D eigenvalue weighted by Crippen LogP contribution is -2.43. The number of nitrogens with one attached hydrogen (secondary N) is 1. The molecule has 0 aliphatic carbocycles. The van der Waals surface area contributed by atoms with Crippen molar-refractivity contribution in [3.63, 3.8) is 0 Å². The molecule has 0 bridgehead atoms. The summed E-state index contributed by atoms with van der Waals surface area (Å²) in [6.45, 7) is 1.38. The molecule has 128 valence electrons. The van der Waals surface area contributed by atoms with Crippen LogP contribution in [0, 0.1) is 6.92 Å². The highest BCUT2D eigenvalue weighted by Crippen LogP contribution is 2.42. The highest BCUT2D eigenvalue weighted by atomic mass is 32.1. The van der Waals surface area contributed by atoms with Gasteiger partial charge in [-0.05, 0) is 30.5 Å². The normalized spacial score (nSPS) is 14.7. The van der Waals surface area contributed by atoms with Gasteiger partial charge in [0.2, 0.25) is 5.60 Å². The lowest BCUT2D eigenvalue weighted by molar-refractivity contribution is -0.274. The van der Waals surface area contributed by atoms with Gasteiger partial charge in [-0.1, -0.05) is 0 Å². The van der Waals surface area contributed by atoms with Gasteiger partial charge in [0, 0.05) is 13.0 Å². The first kappa shape index (κ1) is 16.7. The number of aryl methyl sites for hydroxylation is 1. The molecule has 1 atom stereocenters. The van der Waals surface area contributed by atoms with Gasteiger partial charge in [0.15, 0.2) is 0 Å². The first-order valence-corrected chi connectivity index (χ1v) is 7.97. The molecule has 0 fully saturated rings. The van der Waals surface area contributed by atoms with E-state index in [9.17, 15) is 18.3 Å². The third-order valence-corrected chi connectivity index (χ3v) is 4.48. The molecular formula is C15H14F3N3O2S. The fourth-order valence-corrected chi connectivity index (χ4v) is 3.09. The van der Waals surface area contributed by atoms with Crippen LogP contribution >= 0.6 is 11.3 Å². The summed E-state index contributed by atoms with van der Waals surface area (Å²) in [5, 5.41) is 15.6. The number of hydrogen-bond donors (Lipinski definition) is 2. The maximum Gasteiger partial charge on any atom is 0.424 e. The summed E-state index contributed by atoms with van der Waals surface area (Å²) in [7, 11) is 0. The van der Waals surface area contributed by atoms with Gasteiger partial charge < -0.3 is 14.8 Å². The van der Waals surface area contributed by atoms with Gasteiger partial charge in [0.05, 0.1) is 5.39 Å². The number of alkyl halides is 3. The van der Waals surface area contributed by atoms with Gasteiger partial charge in [-0.2, -0.15) is 13.2 Å². The Bertz CT molecular complexity index is 846. The summed E-state index contributed by atoms with van der Waals surface area (Å²) < 4.78 is 45.1. The predicted octanol–water partition coefficient (Wildman–Crippen LogP) is 3.84. The molecule has 0 aliphatic rings. The number of fused-ring (bicyclic) bond motifs is 1. The monoisotopic (exact) mass is 357 g/mol. The third-order valence-electron chi connectivity index (χ3n) is 3.66. The van der Waals surface area contributed by atoms with Gasteiger partial charge >= 0.3 is 6.18 Å². The SMILES string of the molecule is Cc1ccc(C(O)(CCNc2ncnc3sccc23)C(F)(F)F)o1. The van der Waals surface area contributed by atoms with E-state index in [1.165, 1.54) is 30.7 Å². The van der Waals surface area contributed by atoms with E-state index < -0.39 is 24.0 Å². The topological polar surface area (TPSA) is 71.2 Å². The van der Waals surface area contributed by atoms with Crippen LogP contribution in [0.2, 0.25) is 0 Å². The maximum atomic E-state index is 13.4. The number of thiophene rings is 1. The second-order valence-corrected chi connectivity index (χ2v) is 6.20. The third kappa shape index (κ3) is 2.96. The Morgan fingerprint density at radius 2 is 2.04 bits per heavy atom. The number of furan rings is 1. The molecule has 2 N–H and O–H groups in total. The standard InChI is InChI=1S/C15H14F3N3O2S/c1-9-2-3-11(23-9)14(22,15(16,17)18)5-6-19-12-10-4-7-24-13(10)21-8-20-12/h2-4,7-8,22H,5-6H2,1H3,(H,19,20,21). The summed E-state index contributed by atoms with van der Waals surface area (Å²) in [4.78, 5) is 8.84. The van der Waals surface area contributed by atoms with Crippen molar-refractivity contribution >= 4 is 27.4 Å². The quantitative estimate of drug-likeness (QED) is 0.726. The predicted molar refractivity (Wildman–Crippen MR) is 83.9 cm³/mol. The maximum absolute atomic E-state index is 13.4. The molecule has 24 heavy (non-hydrogen) atoms. The Kier molecular flexibility index (Phi) is 4.22. The molecule has 0 radical (unpaired) electrons. The van der Waals surface area contributed by atoms with Gasteiger partial charge in [-0.15, -0.1) is 11.3 Å². The minimum atomic E-state index is -4.86. The zero-order chi connectivity index (χ0) is 17.4. The van der Waals surface area contributed by atoms with Crippen LogP contribution in [-0.2, 0) is 5.60 Å². The van der Waals surface area contributed by atoms with Crippen LogP contribution in [-0.4, -0.2) is 27.8 Å². The molecule has 3 heterocycles. The second-order valence-electron chi connectivity index (χ2n) is 5.31. The van der Waals surface area contributed by atoms with Crippen molar-refractivity contribution in [2.45, 2.75) is 25.1 Å². The smallest absolute Gasteiger partial charge is 0.424 e. The second kappa shape index (κ2) is 6.06. The first-order valence-electron chi connectivity index (χ1n) is 7.09. The van der Waals surface area contributed by atoms with Crippen LogP contribution < -0.4 is 5.32 Å². The van der Waals surface area contributed by atoms with Crippen molar-refractivity contribution in [2.75, 3.05) is 11.9 Å². The molecule has 3 rings (SSSR count). The Morgan fingerprint density at radius 3 is 2.71 bits per heavy atom. The van der Waals surface area contributed by atoms with Gasteiger partial charge in [0.25, 0.3) is 0 Å². The lowest BCUT2D eigenvalue weighted by atomic mass is 9.95. The number of rotatable bonds is 5. The van der Waals surface area contributed by atoms with E-state index in [4.69, 9.17) is 4.42 Å². The van der Waals surface area contributed by atoms with Crippen LogP contribution in [0.1, 0.15) is 17.9 Å². The Balaban J connectivity index is 1.78. The van der Waals surface area contributed by atoms with E-state index in [1.807, 2.05) is 5.38 Å². The van der Waals surface area contributed by atoms with Gasteiger partial charge in [-0.25, -0.2) is 9.97 Å². The van der Waals surface area contributed by atoms with Crippen LogP contribution in [0.25, 0.3) is 10.2 Å². The number of anilines is 1. The number of nitrogens with zero attached hydrogens (tertiary/aromatic N) is 2. The zero-order valence-electron chi connectivity index (χ0n) is 12.6.